The van der Waals surface area contributed by atoms with Crippen molar-refractivity contribution in [1.29, 1.82) is 0 Å². The van der Waals surface area contributed by atoms with Gasteiger partial charge in [-0.1, -0.05) is 42.5 Å². The Bertz CT molecular complexity index is 826. The first-order valence-electron chi connectivity index (χ1n) is 11.7. The number of likely N-dealkylation sites (tertiary alicyclic amines) is 1. The maximum Gasteiger partial charge on any atom is 0.194 e. The molecule has 0 aliphatic carbocycles. The van der Waals surface area contributed by atoms with Crippen LogP contribution in [0.25, 0.3) is 0 Å². The highest BCUT2D eigenvalue weighted by molar-refractivity contribution is 5.80. The number of ether oxygens (including phenoxy) is 2. The van der Waals surface area contributed by atoms with Crippen molar-refractivity contribution in [2.24, 2.45) is 10.9 Å². The second kappa shape index (κ2) is 13.1. The second-order valence-corrected chi connectivity index (χ2v) is 8.57. The van der Waals surface area contributed by atoms with E-state index in [9.17, 15) is 0 Å². The lowest BCUT2D eigenvalue weighted by molar-refractivity contribution is 0.0906. The van der Waals surface area contributed by atoms with Crippen molar-refractivity contribution in [3.63, 3.8) is 0 Å². The highest BCUT2D eigenvalue weighted by Crippen LogP contribution is 2.18. The minimum Gasteiger partial charge on any atom is -0.492 e. The molecule has 1 aliphatic heterocycles. The first kappa shape index (κ1) is 24.1. The first-order valence-corrected chi connectivity index (χ1v) is 11.7. The average Bonchev–Trinajstić information content (AvgIpc) is 3.26. The fourth-order valence-corrected chi connectivity index (χ4v) is 3.75. The minimum absolute atomic E-state index is 0.538. The number of guanidine groups is 1. The van der Waals surface area contributed by atoms with Gasteiger partial charge in [-0.15, -0.1) is 0 Å². The maximum atomic E-state index is 5.98. The Morgan fingerprint density at radius 1 is 1.12 bits per heavy atom. The molecule has 1 atom stereocenters. The molecule has 2 aromatic rings. The zero-order valence-electron chi connectivity index (χ0n) is 19.8. The molecule has 0 saturated carbocycles. The van der Waals surface area contributed by atoms with Crippen LogP contribution in [0.15, 0.2) is 59.6 Å². The predicted octanol–water partition coefficient (Wildman–Crippen LogP) is 3.63. The van der Waals surface area contributed by atoms with Gasteiger partial charge in [-0.2, -0.15) is 0 Å². The molecule has 1 aliphatic rings. The number of hydrogen-bond acceptors (Lipinski definition) is 4. The van der Waals surface area contributed by atoms with E-state index in [1.54, 1.807) is 0 Å². The number of benzene rings is 2. The van der Waals surface area contributed by atoms with Gasteiger partial charge in [-0.25, -0.2) is 4.99 Å². The van der Waals surface area contributed by atoms with Gasteiger partial charge in [0.2, 0.25) is 0 Å². The fourth-order valence-electron chi connectivity index (χ4n) is 3.75. The average molecular weight is 439 g/mol. The van der Waals surface area contributed by atoms with Crippen LogP contribution in [-0.2, 0) is 17.9 Å². The summed E-state index contributed by atoms with van der Waals surface area (Å²) >= 11 is 0. The number of aliphatic imine (C=N–C) groups is 1. The van der Waals surface area contributed by atoms with Crippen LogP contribution < -0.4 is 10.1 Å². The molecule has 1 N–H and O–H groups in total. The van der Waals surface area contributed by atoms with E-state index in [1.807, 2.05) is 18.2 Å². The smallest absolute Gasteiger partial charge is 0.194 e. The molecule has 174 valence electrons. The van der Waals surface area contributed by atoms with E-state index < -0.39 is 0 Å². The number of nitrogens with zero attached hydrogens (tertiary/aromatic N) is 3. The number of hydrogen-bond donors (Lipinski definition) is 1. The maximum absolute atomic E-state index is 5.98. The van der Waals surface area contributed by atoms with Gasteiger partial charge in [0.05, 0.1) is 19.8 Å². The molecule has 2 aromatic carbocycles. The van der Waals surface area contributed by atoms with Gasteiger partial charge in [0, 0.05) is 32.1 Å². The topological polar surface area (TPSA) is 49.3 Å². The largest absolute Gasteiger partial charge is 0.492 e. The summed E-state index contributed by atoms with van der Waals surface area (Å²) in [6.45, 7) is 8.66. The summed E-state index contributed by atoms with van der Waals surface area (Å²) in [6.07, 6.45) is 1.13. The lowest BCUT2D eigenvalue weighted by Crippen LogP contribution is -2.40. The summed E-state index contributed by atoms with van der Waals surface area (Å²) in [6, 6.07) is 18.6. The normalized spacial score (nSPS) is 16.6. The van der Waals surface area contributed by atoms with E-state index >= 15 is 0 Å². The summed E-state index contributed by atoms with van der Waals surface area (Å²) in [5.41, 5.74) is 2.38. The monoisotopic (exact) mass is 438 g/mol. The van der Waals surface area contributed by atoms with Gasteiger partial charge >= 0.3 is 0 Å². The summed E-state index contributed by atoms with van der Waals surface area (Å²) < 4.78 is 11.8. The van der Waals surface area contributed by atoms with Gasteiger partial charge in [0.15, 0.2) is 5.96 Å². The van der Waals surface area contributed by atoms with E-state index in [0.29, 0.717) is 25.7 Å². The molecule has 0 bridgehead atoms. The Morgan fingerprint density at radius 3 is 2.72 bits per heavy atom. The van der Waals surface area contributed by atoms with Crippen LogP contribution >= 0.6 is 0 Å². The predicted molar refractivity (Wildman–Crippen MR) is 131 cm³/mol. The molecule has 0 aromatic heterocycles. The van der Waals surface area contributed by atoms with Gasteiger partial charge in [0.1, 0.15) is 12.4 Å². The molecule has 0 spiro atoms. The van der Waals surface area contributed by atoms with Crippen molar-refractivity contribution in [1.82, 2.24) is 15.1 Å². The third kappa shape index (κ3) is 8.17. The third-order valence-electron chi connectivity index (χ3n) is 5.50. The SMILES string of the molecule is CCNC(=NCc1cccc(OCCN(C)C)c1)N1CCC(COCc2ccccc2)C1. The highest BCUT2D eigenvalue weighted by Gasteiger charge is 2.25. The van der Waals surface area contributed by atoms with Gasteiger partial charge in [0.25, 0.3) is 0 Å². The van der Waals surface area contributed by atoms with Crippen molar-refractivity contribution in [2.75, 3.05) is 53.5 Å². The molecular weight excluding hydrogens is 400 g/mol. The molecule has 6 nitrogen and oxygen atoms in total. The summed E-state index contributed by atoms with van der Waals surface area (Å²) in [7, 11) is 4.10. The van der Waals surface area contributed by atoms with Gasteiger partial charge in [-0.05, 0) is 50.7 Å². The molecule has 32 heavy (non-hydrogen) atoms. The Kier molecular flexibility index (Phi) is 9.85. The molecular formula is C26H38N4O2. The van der Waals surface area contributed by atoms with Crippen LogP contribution in [0.4, 0.5) is 0 Å². The third-order valence-corrected chi connectivity index (χ3v) is 5.50. The molecule has 6 heteroatoms. The van der Waals surface area contributed by atoms with Crippen LogP contribution in [0.1, 0.15) is 24.5 Å². The van der Waals surface area contributed by atoms with Crippen molar-refractivity contribution >= 4 is 5.96 Å². The van der Waals surface area contributed by atoms with Crippen LogP contribution in [0, 0.1) is 5.92 Å². The Labute approximate surface area is 193 Å². The molecule has 1 unspecified atom stereocenters. The van der Waals surface area contributed by atoms with Crippen molar-refractivity contribution in [3.8, 4) is 5.75 Å². The molecule has 1 heterocycles. The zero-order chi connectivity index (χ0) is 22.6. The minimum atomic E-state index is 0.538. The molecule has 0 radical (unpaired) electrons. The molecule has 0 amide bonds. The molecule has 1 fully saturated rings. The van der Waals surface area contributed by atoms with E-state index in [4.69, 9.17) is 14.5 Å². The summed E-state index contributed by atoms with van der Waals surface area (Å²) in [5.74, 6) is 2.43. The quantitative estimate of drug-likeness (QED) is 0.429. The number of nitrogens with one attached hydrogen (secondary N) is 1. The van der Waals surface area contributed by atoms with E-state index in [1.165, 1.54) is 5.56 Å². The standard InChI is InChI=1S/C26H38N4O2/c1-4-27-26(28-18-23-11-8-12-25(17-23)32-16-15-29(2)3)30-14-13-24(19-30)21-31-20-22-9-6-5-7-10-22/h5-12,17,24H,4,13-16,18-21H2,1-3H3,(H,27,28). The van der Waals surface area contributed by atoms with Crippen molar-refractivity contribution in [3.05, 3.63) is 65.7 Å². The van der Waals surface area contributed by atoms with Crippen molar-refractivity contribution < 1.29 is 9.47 Å². The van der Waals surface area contributed by atoms with E-state index in [-0.39, 0.29) is 0 Å². The Hall–Kier alpha value is -2.57. The van der Waals surface area contributed by atoms with Crippen LogP contribution in [0.2, 0.25) is 0 Å². The Balaban J connectivity index is 1.49. The van der Waals surface area contributed by atoms with E-state index in [0.717, 1.165) is 56.5 Å². The summed E-state index contributed by atoms with van der Waals surface area (Å²) in [4.78, 5) is 9.38. The zero-order valence-corrected chi connectivity index (χ0v) is 19.8. The van der Waals surface area contributed by atoms with Gasteiger partial charge < -0.3 is 24.6 Å². The Morgan fingerprint density at radius 2 is 1.94 bits per heavy atom. The first-order chi connectivity index (χ1) is 15.6. The van der Waals surface area contributed by atoms with Crippen LogP contribution in [0.5, 0.6) is 5.75 Å². The van der Waals surface area contributed by atoms with Crippen LogP contribution in [0.3, 0.4) is 0 Å². The summed E-state index contributed by atoms with van der Waals surface area (Å²) in [5, 5.41) is 3.46. The number of rotatable bonds is 11. The highest BCUT2D eigenvalue weighted by atomic mass is 16.5. The van der Waals surface area contributed by atoms with Crippen LogP contribution in [-0.4, -0.2) is 69.2 Å². The molecule has 1 saturated heterocycles. The lowest BCUT2D eigenvalue weighted by atomic mass is 10.1. The second-order valence-electron chi connectivity index (χ2n) is 8.57. The van der Waals surface area contributed by atoms with Gasteiger partial charge in [-0.3, -0.25) is 0 Å². The molecule has 3 rings (SSSR count). The lowest BCUT2D eigenvalue weighted by Gasteiger charge is -2.22. The van der Waals surface area contributed by atoms with Crippen molar-refractivity contribution in [2.45, 2.75) is 26.5 Å². The fraction of sp³-hybridized carbons (Fsp3) is 0.500. The number of likely N-dealkylation sites (N-methyl/N-ethyl adjacent to an activating group) is 1. The van der Waals surface area contributed by atoms with E-state index in [2.05, 4.69) is 72.5 Å².